The molecule has 1 aliphatic carbocycles. The van der Waals surface area contributed by atoms with Gasteiger partial charge in [0.2, 0.25) is 0 Å². The van der Waals surface area contributed by atoms with Gasteiger partial charge in [0.25, 0.3) is 0 Å². The van der Waals surface area contributed by atoms with Crippen LogP contribution in [-0.2, 0) is 4.74 Å². The third-order valence-corrected chi connectivity index (χ3v) is 2.93. The van der Waals surface area contributed by atoms with E-state index < -0.39 is 5.60 Å². The highest BCUT2D eigenvalue weighted by atomic mass is 32.1. The Labute approximate surface area is 97.4 Å². The number of rotatable bonds is 1. The summed E-state index contributed by atoms with van der Waals surface area (Å²) < 4.78 is 5.20. The van der Waals surface area contributed by atoms with Gasteiger partial charge in [0, 0.05) is 11.3 Å². The van der Waals surface area contributed by atoms with E-state index in [1.165, 1.54) is 0 Å². The van der Waals surface area contributed by atoms with Gasteiger partial charge in [-0.1, -0.05) is 0 Å². The molecule has 0 spiro atoms. The first-order valence-electron chi connectivity index (χ1n) is 5.54. The van der Waals surface area contributed by atoms with Gasteiger partial charge in [-0.3, -0.25) is 0 Å². The Hall–Kier alpha value is -0.380. The van der Waals surface area contributed by atoms with Crippen molar-refractivity contribution in [3.05, 3.63) is 0 Å². The maximum Gasteiger partial charge on any atom is 0.407 e. The molecule has 1 aliphatic rings. The van der Waals surface area contributed by atoms with E-state index in [2.05, 4.69) is 17.9 Å². The molecule has 0 saturated heterocycles. The summed E-state index contributed by atoms with van der Waals surface area (Å²) in [6.45, 7) is 5.62. The lowest BCUT2D eigenvalue weighted by molar-refractivity contribution is 0.0494. The summed E-state index contributed by atoms with van der Waals surface area (Å²) in [7, 11) is 0. The summed E-state index contributed by atoms with van der Waals surface area (Å²) in [4.78, 5) is 11.5. The predicted molar refractivity (Wildman–Crippen MR) is 64.4 cm³/mol. The second-order valence-corrected chi connectivity index (χ2v) is 5.88. The van der Waals surface area contributed by atoms with Gasteiger partial charge in [-0.2, -0.15) is 12.6 Å². The Kier molecular flexibility index (Phi) is 4.32. The Morgan fingerprint density at radius 2 is 1.80 bits per heavy atom. The van der Waals surface area contributed by atoms with Crippen molar-refractivity contribution in [3.8, 4) is 0 Å². The van der Waals surface area contributed by atoms with E-state index in [9.17, 15) is 4.79 Å². The monoisotopic (exact) mass is 231 g/mol. The first-order valence-corrected chi connectivity index (χ1v) is 6.06. The van der Waals surface area contributed by atoms with Gasteiger partial charge in [-0.05, 0) is 46.5 Å². The first kappa shape index (κ1) is 12.7. The lowest BCUT2D eigenvalue weighted by atomic mass is 9.95. The van der Waals surface area contributed by atoms with Crippen LogP contribution in [0.5, 0.6) is 0 Å². The van der Waals surface area contributed by atoms with Crippen molar-refractivity contribution in [1.29, 1.82) is 0 Å². The highest BCUT2D eigenvalue weighted by molar-refractivity contribution is 7.80. The fourth-order valence-corrected chi connectivity index (χ4v) is 1.99. The van der Waals surface area contributed by atoms with Crippen molar-refractivity contribution in [2.24, 2.45) is 0 Å². The third kappa shape index (κ3) is 5.30. The molecular formula is C11H21NO2S. The van der Waals surface area contributed by atoms with E-state index in [0.717, 1.165) is 25.7 Å². The molecule has 1 fully saturated rings. The van der Waals surface area contributed by atoms with Gasteiger partial charge in [0.05, 0.1) is 0 Å². The van der Waals surface area contributed by atoms with Crippen molar-refractivity contribution >= 4 is 18.7 Å². The van der Waals surface area contributed by atoms with E-state index in [1.807, 2.05) is 20.8 Å². The number of nitrogens with one attached hydrogen (secondary N) is 1. The highest BCUT2D eigenvalue weighted by Crippen LogP contribution is 2.22. The van der Waals surface area contributed by atoms with Gasteiger partial charge >= 0.3 is 6.09 Å². The molecule has 0 aliphatic heterocycles. The second-order valence-electron chi connectivity index (χ2n) is 5.15. The Balaban J connectivity index is 2.27. The molecule has 15 heavy (non-hydrogen) atoms. The SMILES string of the molecule is CC(C)(C)OC(=O)N[C@H]1CC[C@@H](S)CC1. The zero-order chi connectivity index (χ0) is 11.5. The molecule has 1 amide bonds. The molecule has 1 N–H and O–H groups in total. The standard InChI is InChI=1S/C11H21NO2S/c1-11(2,3)14-10(13)12-8-4-6-9(15)7-5-8/h8-9,15H,4-7H2,1-3H3,(H,12,13)/t8-,9+. The van der Waals surface area contributed by atoms with Crippen LogP contribution in [0.15, 0.2) is 0 Å². The molecule has 88 valence electrons. The molecule has 0 radical (unpaired) electrons. The zero-order valence-corrected chi connectivity index (χ0v) is 10.6. The van der Waals surface area contributed by atoms with Crippen molar-refractivity contribution in [2.75, 3.05) is 0 Å². The molecule has 3 nitrogen and oxygen atoms in total. The fraction of sp³-hybridized carbons (Fsp3) is 0.909. The number of alkyl carbamates (subject to hydrolysis) is 1. The van der Waals surface area contributed by atoms with Crippen LogP contribution in [0.2, 0.25) is 0 Å². The lowest BCUT2D eigenvalue weighted by Crippen LogP contribution is -2.41. The number of ether oxygens (including phenoxy) is 1. The summed E-state index contributed by atoms with van der Waals surface area (Å²) in [6.07, 6.45) is 3.86. The molecule has 0 aromatic carbocycles. The van der Waals surface area contributed by atoms with Crippen LogP contribution in [0, 0.1) is 0 Å². The number of hydrogen-bond acceptors (Lipinski definition) is 3. The van der Waals surface area contributed by atoms with Crippen molar-refractivity contribution in [3.63, 3.8) is 0 Å². The van der Waals surface area contributed by atoms with Crippen LogP contribution in [0.4, 0.5) is 4.79 Å². The minimum absolute atomic E-state index is 0.267. The van der Waals surface area contributed by atoms with Crippen LogP contribution < -0.4 is 5.32 Å². The average Bonchev–Trinajstić information content (AvgIpc) is 2.05. The summed E-state index contributed by atoms with van der Waals surface area (Å²) in [5, 5.41) is 3.40. The van der Waals surface area contributed by atoms with Crippen LogP contribution in [-0.4, -0.2) is 23.0 Å². The topological polar surface area (TPSA) is 38.3 Å². The molecule has 0 heterocycles. The predicted octanol–water partition coefficient (Wildman–Crippen LogP) is 2.75. The average molecular weight is 231 g/mol. The van der Waals surface area contributed by atoms with Gasteiger partial charge in [-0.15, -0.1) is 0 Å². The van der Waals surface area contributed by atoms with Crippen molar-refractivity contribution < 1.29 is 9.53 Å². The van der Waals surface area contributed by atoms with Gasteiger partial charge in [0.15, 0.2) is 0 Å². The number of hydrogen-bond donors (Lipinski definition) is 2. The molecule has 0 bridgehead atoms. The minimum atomic E-state index is -0.412. The maximum atomic E-state index is 11.5. The molecule has 1 rings (SSSR count). The smallest absolute Gasteiger partial charge is 0.407 e. The molecular weight excluding hydrogens is 210 g/mol. The van der Waals surface area contributed by atoms with Crippen LogP contribution >= 0.6 is 12.6 Å². The highest BCUT2D eigenvalue weighted by Gasteiger charge is 2.23. The number of thiol groups is 1. The quantitative estimate of drug-likeness (QED) is 0.681. The molecule has 0 unspecified atom stereocenters. The van der Waals surface area contributed by atoms with Crippen LogP contribution in [0.1, 0.15) is 46.5 Å². The van der Waals surface area contributed by atoms with E-state index >= 15 is 0 Å². The van der Waals surface area contributed by atoms with E-state index in [1.54, 1.807) is 0 Å². The minimum Gasteiger partial charge on any atom is -0.444 e. The molecule has 0 aromatic heterocycles. The fourth-order valence-electron chi connectivity index (χ4n) is 1.69. The first-order chi connectivity index (χ1) is 6.87. The van der Waals surface area contributed by atoms with E-state index in [-0.39, 0.29) is 12.1 Å². The lowest BCUT2D eigenvalue weighted by Gasteiger charge is -2.28. The van der Waals surface area contributed by atoms with Gasteiger partial charge < -0.3 is 10.1 Å². The summed E-state index contributed by atoms with van der Waals surface area (Å²) >= 11 is 4.42. The summed E-state index contributed by atoms with van der Waals surface area (Å²) in [5.74, 6) is 0. The van der Waals surface area contributed by atoms with E-state index in [4.69, 9.17) is 4.74 Å². The van der Waals surface area contributed by atoms with Gasteiger partial charge in [-0.25, -0.2) is 4.79 Å². The number of carbonyl (C=O) groups is 1. The van der Waals surface area contributed by atoms with Crippen LogP contribution in [0.3, 0.4) is 0 Å². The Morgan fingerprint density at radius 3 is 2.27 bits per heavy atom. The normalized spacial score (nSPS) is 27.2. The molecule has 0 atom stereocenters. The number of amides is 1. The largest absolute Gasteiger partial charge is 0.444 e. The van der Waals surface area contributed by atoms with Gasteiger partial charge in [0.1, 0.15) is 5.60 Å². The second kappa shape index (κ2) is 5.10. The molecule has 0 aromatic rings. The van der Waals surface area contributed by atoms with Crippen LogP contribution in [0.25, 0.3) is 0 Å². The third-order valence-electron chi connectivity index (χ3n) is 2.42. The summed E-state index contributed by atoms with van der Waals surface area (Å²) in [6, 6.07) is 0.267. The zero-order valence-electron chi connectivity index (χ0n) is 9.75. The maximum absolute atomic E-state index is 11.5. The Morgan fingerprint density at radius 1 is 1.27 bits per heavy atom. The molecule has 1 saturated carbocycles. The summed E-state index contributed by atoms with van der Waals surface area (Å²) in [5.41, 5.74) is -0.412. The number of carbonyl (C=O) groups excluding carboxylic acids is 1. The van der Waals surface area contributed by atoms with E-state index in [0.29, 0.717) is 5.25 Å². The Bertz CT molecular complexity index is 217. The molecule has 4 heteroatoms. The van der Waals surface area contributed by atoms with Crippen molar-refractivity contribution in [2.45, 2.75) is 63.3 Å². The van der Waals surface area contributed by atoms with Crippen molar-refractivity contribution in [1.82, 2.24) is 5.32 Å².